The quantitative estimate of drug-likeness (QED) is 0.748. The minimum Gasteiger partial charge on any atom is -0.207 e. The van der Waals surface area contributed by atoms with E-state index in [0.29, 0.717) is 19.5 Å². The summed E-state index contributed by atoms with van der Waals surface area (Å²) in [6.07, 6.45) is 0.686. The number of hydrogen-bond donors (Lipinski definition) is 0. The highest BCUT2D eigenvalue weighted by atomic mass is 35.5. The molecule has 0 unspecified atom stereocenters. The van der Waals surface area contributed by atoms with E-state index < -0.39 is 15.8 Å². The summed E-state index contributed by atoms with van der Waals surface area (Å²) in [6, 6.07) is 2.26. The fourth-order valence-corrected chi connectivity index (χ4v) is 3.77. The molecule has 0 aliphatic carbocycles. The maximum absolute atomic E-state index is 13.6. The number of halogens is 3. The van der Waals surface area contributed by atoms with E-state index in [0.717, 1.165) is 6.07 Å². The van der Waals surface area contributed by atoms with Gasteiger partial charge in [-0.15, -0.1) is 11.6 Å². The number of nitrogens with zero attached hydrogens (tertiary/aromatic N) is 1. The Bertz CT molecular complexity index is 549. The van der Waals surface area contributed by atoms with Gasteiger partial charge in [-0.2, -0.15) is 4.31 Å². The van der Waals surface area contributed by atoms with Crippen molar-refractivity contribution >= 4 is 33.2 Å². The maximum Gasteiger partial charge on any atom is 0.243 e. The van der Waals surface area contributed by atoms with Gasteiger partial charge in [0.1, 0.15) is 5.82 Å². The fourth-order valence-electron chi connectivity index (χ4n) is 1.71. The molecule has 1 rings (SSSR count). The summed E-state index contributed by atoms with van der Waals surface area (Å²) in [5.41, 5.74) is 0.273. The van der Waals surface area contributed by atoms with Gasteiger partial charge in [0, 0.05) is 19.0 Å². The first-order chi connectivity index (χ1) is 8.88. The molecule has 0 atom stereocenters. The van der Waals surface area contributed by atoms with Crippen molar-refractivity contribution in [2.45, 2.75) is 31.0 Å². The van der Waals surface area contributed by atoms with Crippen LogP contribution in [0.1, 0.15) is 25.8 Å². The Morgan fingerprint density at radius 2 is 1.95 bits per heavy atom. The zero-order valence-corrected chi connectivity index (χ0v) is 13.1. The molecule has 0 bridgehead atoms. The average molecular weight is 328 g/mol. The van der Waals surface area contributed by atoms with Crippen LogP contribution in [0.5, 0.6) is 0 Å². The van der Waals surface area contributed by atoms with E-state index in [2.05, 4.69) is 0 Å². The van der Waals surface area contributed by atoms with Gasteiger partial charge in [0.15, 0.2) is 0 Å². The Morgan fingerprint density at radius 1 is 1.32 bits per heavy atom. The molecule has 0 saturated heterocycles. The van der Waals surface area contributed by atoms with Crippen molar-refractivity contribution in [1.29, 1.82) is 0 Å². The monoisotopic (exact) mass is 327 g/mol. The van der Waals surface area contributed by atoms with Crippen LogP contribution in [-0.4, -0.2) is 25.8 Å². The molecule has 0 aromatic heterocycles. The van der Waals surface area contributed by atoms with Gasteiger partial charge >= 0.3 is 0 Å². The second-order valence-electron chi connectivity index (χ2n) is 4.01. The lowest BCUT2D eigenvalue weighted by atomic mass is 10.2. The van der Waals surface area contributed by atoms with Crippen LogP contribution in [0.15, 0.2) is 17.0 Å². The van der Waals surface area contributed by atoms with Gasteiger partial charge in [0.05, 0.1) is 9.92 Å². The van der Waals surface area contributed by atoms with Crippen molar-refractivity contribution in [3.63, 3.8) is 0 Å². The highest BCUT2D eigenvalue weighted by Gasteiger charge is 2.24. The molecule has 0 amide bonds. The molecular weight excluding hydrogens is 312 g/mol. The Labute approximate surface area is 123 Å². The summed E-state index contributed by atoms with van der Waals surface area (Å²) in [6.45, 7) is 4.34. The van der Waals surface area contributed by atoms with Crippen molar-refractivity contribution in [3.8, 4) is 0 Å². The first-order valence-electron chi connectivity index (χ1n) is 5.92. The van der Waals surface area contributed by atoms with Crippen LogP contribution >= 0.6 is 23.2 Å². The Hall–Kier alpha value is -0.360. The molecule has 0 spiro atoms. The van der Waals surface area contributed by atoms with Gasteiger partial charge in [-0.05, 0) is 24.1 Å². The molecule has 0 fully saturated rings. The summed E-state index contributed by atoms with van der Waals surface area (Å²) >= 11 is 11.4. The molecule has 0 saturated carbocycles. The number of sulfonamides is 1. The van der Waals surface area contributed by atoms with E-state index in [9.17, 15) is 12.8 Å². The molecule has 0 radical (unpaired) electrons. The second-order valence-corrected chi connectivity index (χ2v) is 6.59. The van der Waals surface area contributed by atoms with E-state index in [-0.39, 0.29) is 21.4 Å². The summed E-state index contributed by atoms with van der Waals surface area (Å²) in [7, 11) is -3.71. The first kappa shape index (κ1) is 16.7. The van der Waals surface area contributed by atoms with Gasteiger partial charge in [-0.1, -0.05) is 25.4 Å². The molecule has 0 heterocycles. The molecule has 7 heteroatoms. The summed E-state index contributed by atoms with van der Waals surface area (Å²) in [5, 5.41) is -0.132. The predicted molar refractivity (Wildman–Crippen MR) is 75.7 cm³/mol. The van der Waals surface area contributed by atoms with Crippen molar-refractivity contribution in [3.05, 3.63) is 28.5 Å². The van der Waals surface area contributed by atoms with Crippen molar-refractivity contribution < 1.29 is 12.8 Å². The number of alkyl halides is 1. The van der Waals surface area contributed by atoms with E-state index in [4.69, 9.17) is 23.2 Å². The topological polar surface area (TPSA) is 37.4 Å². The lowest BCUT2D eigenvalue weighted by Crippen LogP contribution is -2.31. The smallest absolute Gasteiger partial charge is 0.207 e. The summed E-state index contributed by atoms with van der Waals surface area (Å²) in [5.74, 6) is -0.815. The highest BCUT2D eigenvalue weighted by molar-refractivity contribution is 7.89. The van der Waals surface area contributed by atoms with E-state index >= 15 is 0 Å². The van der Waals surface area contributed by atoms with Crippen LogP contribution in [0.4, 0.5) is 4.39 Å². The van der Waals surface area contributed by atoms with Crippen LogP contribution < -0.4 is 0 Å². The summed E-state index contributed by atoms with van der Waals surface area (Å²) in [4.78, 5) is -0.111. The largest absolute Gasteiger partial charge is 0.243 e. The summed E-state index contributed by atoms with van der Waals surface area (Å²) < 4.78 is 39.7. The zero-order chi connectivity index (χ0) is 14.6. The Kier molecular flexibility index (Phi) is 6.05. The van der Waals surface area contributed by atoms with Gasteiger partial charge in [-0.25, -0.2) is 12.8 Å². The van der Waals surface area contributed by atoms with Crippen molar-refractivity contribution in [2.75, 3.05) is 13.1 Å². The molecule has 0 N–H and O–H groups in total. The van der Waals surface area contributed by atoms with Crippen molar-refractivity contribution in [2.24, 2.45) is 0 Å². The van der Waals surface area contributed by atoms with Gasteiger partial charge < -0.3 is 0 Å². The zero-order valence-electron chi connectivity index (χ0n) is 10.8. The maximum atomic E-state index is 13.6. The molecule has 1 aromatic rings. The van der Waals surface area contributed by atoms with Crippen LogP contribution in [0.25, 0.3) is 0 Å². The van der Waals surface area contributed by atoms with Crippen LogP contribution in [0, 0.1) is 5.82 Å². The molecule has 0 aliphatic rings. The molecule has 1 aromatic carbocycles. The molecular formula is C12H16Cl2FNO2S. The standard InChI is InChI=1S/C12H16Cl2FNO2S/c1-3-5-16(4-2)19(17,18)10-6-9(8-13)12(14)11(15)7-10/h6-7H,3-5,8H2,1-2H3. The lowest BCUT2D eigenvalue weighted by Gasteiger charge is -2.20. The minimum atomic E-state index is -3.71. The van der Waals surface area contributed by atoms with Gasteiger partial charge in [0.2, 0.25) is 10.0 Å². The second kappa shape index (κ2) is 6.88. The third-order valence-electron chi connectivity index (χ3n) is 2.68. The van der Waals surface area contributed by atoms with Crippen LogP contribution in [0.3, 0.4) is 0 Å². The number of benzene rings is 1. The fraction of sp³-hybridized carbons (Fsp3) is 0.500. The number of rotatable bonds is 6. The predicted octanol–water partition coefficient (Wildman–Crippen LogP) is 3.64. The molecule has 3 nitrogen and oxygen atoms in total. The van der Waals surface area contributed by atoms with Gasteiger partial charge in [-0.3, -0.25) is 0 Å². The Balaban J connectivity index is 3.32. The third-order valence-corrected chi connectivity index (χ3v) is 5.35. The average Bonchev–Trinajstić information content (AvgIpc) is 2.38. The van der Waals surface area contributed by atoms with Crippen LogP contribution in [0.2, 0.25) is 5.02 Å². The third kappa shape index (κ3) is 3.60. The van der Waals surface area contributed by atoms with Crippen molar-refractivity contribution in [1.82, 2.24) is 4.31 Å². The highest BCUT2D eigenvalue weighted by Crippen LogP contribution is 2.27. The molecule has 19 heavy (non-hydrogen) atoms. The normalized spacial score (nSPS) is 12.1. The van der Waals surface area contributed by atoms with Gasteiger partial charge in [0.25, 0.3) is 0 Å². The SMILES string of the molecule is CCCN(CC)S(=O)(=O)c1cc(F)c(Cl)c(CCl)c1. The molecule has 0 aliphatic heterocycles. The van der Waals surface area contributed by atoms with E-state index in [1.165, 1.54) is 10.4 Å². The lowest BCUT2D eigenvalue weighted by molar-refractivity contribution is 0.426. The van der Waals surface area contributed by atoms with Crippen LogP contribution in [-0.2, 0) is 15.9 Å². The first-order valence-corrected chi connectivity index (χ1v) is 8.27. The van der Waals surface area contributed by atoms with E-state index in [1.54, 1.807) is 6.92 Å². The Morgan fingerprint density at radius 3 is 2.42 bits per heavy atom. The number of hydrogen-bond acceptors (Lipinski definition) is 2. The minimum absolute atomic E-state index is 0.0426. The molecule has 108 valence electrons. The van der Waals surface area contributed by atoms with E-state index in [1.807, 2.05) is 6.92 Å².